The Morgan fingerprint density at radius 3 is 2.26 bits per heavy atom. The molecule has 2 fully saturated rings. The lowest BCUT2D eigenvalue weighted by atomic mass is 9.81. The van der Waals surface area contributed by atoms with Crippen molar-refractivity contribution >= 4 is 23.6 Å². The highest BCUT2D eigenvalue weighted by Crippen LogP contribution is 2.38. The number of carbonyl (C=O) groups excluding carboxylic acids is 4. The van der Waals surface area contributed by atoms with E-state index < -0.39 is 36.0 Å². The Kier molecular flexibility index (Phi) is 5.34. The first-order chi connectivity index (χ1) is 12.8. The summed E-state index contributed by atoms with van der Waals surface area (Å²) in [6.45, 7) is 0.675. The highest BCUT2D eigenvalue weighted by atomic mass is 19.2. The van der Waals surface area contributed by atoms with Crippen LogP contribution in [0.5, 0.6) is 0 Å². The van der Waals surface area contributed by atoms with Gasteiger partial charge in [0.25, 0.3) is 0 Å². The number of nitrogens with zero attached hydrogens (tertiary/aromatic N) is 1. The molecule has 2 aliphatic rings. The molecule has 3 atom stereocenters. The van der Waals surface area contributed by atoms with Gasteiger partial charge in [-0.2, -0.15) is 0 Å². The molecular formula is C19H19F2NO5. The molecule has 8 heteroatoms. The maximum Gasteiger partial charge on any atom is 0.329 e. The fourth-order valence-corrected chi connectivity index (χ4v) is 3.69. The van der Waals surface area contributed by atoms with E-state index in [1.165, 1.54) is 6.92 Å². The number of fused-ring (bicyclic) bond motifs is 1. The molecule has 1 aromatic carbocycles. The first kappa shape index (κ1) is 19.1. The van der Waals surface area contributed by atoms with Crippen LogP contribution in [0.4, 0.5) is 8.78 Å². The van der Waals surface area contributed by atoms with Crippen LogP contribution in [0.2, 0.25) is 0 Å². The average molecular weight is 379 g/mol. The second kappa shape index (κ2) is 7.54. The number of benzene rings is 1. The summed E-state index contributed by atoms with van der Waals surface area (Å²) < 4.78 is 31.0. The molecule has 2 amide bonds. The molecule has 1 aromatic rings. The number of carbonyl (C=O) groups is 4. The van der Waals surface area contributed by atoms with Gasteiger partial charge in [0.1, 0.15) is 6.04 Å². The predicted octanol–water partition coefficient (Wildman–Crippen LogP) is 2.25. The fourth-order valence-electron chi connectivity index (χ4n) is 3.69. The first-order valence-corrected chi connectivity index (χ1v) is 8.83. The molecule has 0 unspecified atom stereocenters. The number of hydrogen-bond acceptors (Lipinski definition) is 5. The van der Waals surface area contributed by atoms with Crippen molar-refractivity contribution in [3.63, 3.8) is 0 Å². The van der Waals surface area contributed by atoms with Crippen molar-refractivity contribution in [2.24, 2.45) is 11.8 Å². The molecule has 1 aliphatic heterocycles. The molecule has 1 saturated carbocycles. The second-order valence-corrected chi connectivity index (χ2v) is 6.88. The number of rotatable bonds is 5. The molecule has 3 rings (SSSR count). The summed E-state index contributed by atoms with van der Waals surface area (Å²) in [7, 11) is 0. The van der Waals surface area contributed by atoms with Gasteiger partial charge in [-0.3, -0.25) is 19.3 Å². The third-order valence-corrected chi connectivity index (χ3v) is 5.19. The molecule has 0 spiro atoms. The Balaban J connectivity index is 1.62. The van der Waals surface area contributed by atoms with Crippen LogP contribution >= 0.6 is 0 Å². The first-order valence-electron chi connectivity index (χ1n) is 8.83. The van der Waals surface area contributed by atoms with Crippen LogP contribution in [0.15, 0.2) is 18.2 Å². The van der Waals surface area contributed by atoms with E-state index in [4.69, 9.17) is 4.74 Å². The molecule has 6 nitrogen and oxygen atoms in total. The highest BCUT2D eigenvalue weighted by molar-refractivity contribution is 6.08. The van der Waals surface area contributed by atoms with Crippen molar-refractivity contribution in [3.8, 4) is 0 Å². The Morgan fingerprint density at radius 1 is 1.11 bits per heavy atom. The van der Waals surface area contributed by atoms with Gasteiger partial charge in [0.2, 0.25) is 11.8 Å². The molecule has 1 saturated heterocycles. The fraction of sp³-hybridized carbons (Fsp3) is 0.474. The van der Waals surface area contributed by atoms with Gasteiger partial charge in [0, 0.05) is 5.56 Å². The maximum atomic E-state index is 13.2. The molecule has 1 heterocycles. The van der Waals surface area contributed by atoms with E-state index in [2.05, 4.69) is 0 Å². The maximum absolute atomic E-state index is 13.2. The zero-order valence-electron chi connectivity index (χ0n) is 14.7. The largest absolute Gasteiger partial charge is 0.456 e. The second-order valence-electron chi connectivity index (χ2n) is 6.88. The number of ketones is 1. The minimum absolute atomic E-state index is 0.145. The van der Waals surface area contributed by atoms with Gasteiger partial charge in [-0.05, 0) is 38.0 Å². The SMILES string of the molecule is C[C@H](C(=O)OCC(=O)c1ccc(F)c(F)c1)N1C(=O)[C@H]2CCCC[C@H]2C1=O. The number of amides is 2. The van der Waals surface area contributed by atoms with Gasteiger partial charge in [0.15, 0.2) is 24.0 Å². The van der Waals surface area contributed by atoms with Crippen LogP contribution in [0, 0.1) is 23.5 Å². The van der Waals surface area contributed by atoms with Crippen LogP contribution in [0.25, 0.3) is 0 Å². The highest BCUT2D eigenvalue weighted by Gasteiger charge is 2.51. The summed E-state index contributed by atoms with van der Waals surface area (Å²) in [6, 6.07) is 1.45. The summed E-state index contributed by atoms with van der Waals surface area (Å²) in [5.74, 6) is -5.41. The average Bonchev–Trinajstić information content (AvgIpc) is 2.92. The van der Waals surface area contributed by atoms with Crippen molar-refractivity contribution in [3.05, 3.63) is 35.4 Å². The van der Waals surface area contributed by atoms with Gasteiger partial charge < -0.3 is 4.74 Å². The van der Waals surface area contributed by atoms with E-state index in [1.807, 2.05) is 0 Å². The van der Waals surface area contributed by atoms with Gasteiger partial charge in [-0.1, -0.05) is 12.8 Å². The summed E-state index contributed by atoms with van der Waals surface area (Å²) in [5, 5.41) is 0. The predicted molar refractivity (Wildman–Crippen MR) is 88.4 cm³/mol. The lowest BCUT2D eigenvalue weighted by Crippen LogP contribution is -2.44. The van der Waals surface area contributed by atoms with Crippen molar-refractivity contribution < 1.29 is 32.7 Å². The van der Waals surface area contributed by atoms with Crippen LogP contribution in [0.1, 0.15) is 43.0 Å². The number of esters is 1. The zero-order valence-corrected chi connectivity index (χ0v) is 14.7. The van der Waals surface area contributed by atoms with Crippen LogP contribution in [0.3, 0.4) is 0 Å². The lowest BCUT2D eigenvalue weighted by molar-refractivity contribution is -0.157. The van der Waals surface area contributed by atoms with Crippen LogP contribution < -0.4 is 0 Å². The van der Waals surface area contributed by atoms with E-state index in [9.17, 15) is 28.0 Å². The minimum Gasteiger partial charge on any atom is -0.456 e. The summed E-state index contributed by atoms with van der Waals surface area (Å²) in [6.07, 6.45) is 3.00. The Hall–Kier alpha value is -2.64. The Morgan fingerprint density at radius 2 is 1.70 bits per heavy atom. The standard InChI is InChI=1S/C19H19F2NO5/c1-10(22-17(24)12-4-2-3-5-13(12)18(22)25)19(26)27-9-16(23)11-6-7-14(20)15(21)8-11/h6-8,10,12-13H,2-5,9H2,1H3/t10-,12-,13+/m1/s1. The lowest BCUT2D eigenvalue weighted by Gasteiger charge is -2.21. The molecule has 0 aromatic heterocycles. The monoisotopic (exact) mass is 379 g/mol. The molecule has 0 bridgehead atoms. The van der Waals surface area contributed by atoms with E-state index >= 15 is 0 Å². The zero-order chi connectivity index (χ0) is 19.7. The molecule has 0 radical (unpaired) electrons. The number of hydrogen-bond donors (Lipinski definition) is 0. The third-order valence-electron chi connectivity index (χ3n) is 5.19. The number of halogens is 2. The number of likely N-dealkylation sites (tertiary alicyclic amines) is 1. The quantitative estimate of drug-likeness (QED) is 0.445. The van der Waals surface area contributed by atoms with E-state index in [0.717, 1.165) is 29.9 Å². The topological polar surface area (TPSA) is 80.8 Å². The summed E-state index contributed by atoms with van der Waals surface area (Å²) >= 11 is 0. The van der Waals surface area contributed by atoms with Crippen molar-refractivity contribution in [2.75, 3.05) is 6.61 Å². The normalized spacial score (nSPS) is 23.1. The molecular weight excluding hydrogens is 360 g/mol. The minimum atomic E-state index is -1.18. The van der Waals surface area contributed by atoms with Gasteiger partial charge in [0.05, 0.1) is 11.8 Å². The van der Waals surface area contributed by atoms with E-state index in [-0.39, 0.29) is 29.2 Å². The van der Waals surface area contributed by atoms with Gasteiger partial charge in [-0.15, -0.1) is 0 Å². The van der Waals surface area contributed by atoms with Crippen molar-refractivity contribution in [1.29, 1.82) is 0 Å². The number of Topliss-reactive ketones (excluding diaryl/α,β-unsaturated/α-hetero) is 1. The van der Waals surface area contributed by atoms with Gasteiger partial charge >= 0.3 is 5.97 Å². The van der Waals surface area contributed by atoms with Crippen molar-refractivity contribution in [2.45, 2.75) is 38.6 Å². The Bertz CT molecular complexity index is 785. The number of ether oxygens (including phenoxy) is 1. The number of imide groups is 1. The molecule has 27 heavy (non-hydrogen) atoms. The smallest absolute Gasteiger partial charge is 0.329 e. The summed E-state index contributed by atoms with van der Waals surface area (Å²) in [5.41, 5.74) is -0.145. The van der Waals surface area contributed by atoms with Crippen LogP contribution in [-0.2, 0) is 19.1 Å². The summed E-state index contributed by atoms with van der Waals surface area (Å²) in [4.78, 5) is 50.1. The van der Waals surface area contributed by atoms with E-state index in [1.54, 1.807) is 0 Å². The third kappa shape index (κ3) is 3.61. The molecule has 0 N–H and O–H groups in total. The Labute approximate surface area is 154 Å². The molecule has 1 aliphatic carbocycles. The van der Waals surface area contributed by atoms with Crippen molar-refractivity contribution in [1.82, 2.24) is 4.90 Å². The van der Waals surface area contributed by atoms with E-state index in [0.29, 0.717) is 18.9 Å². The molecule has 144 valence electrons. The van der Waals surface area contributed by atoms with Crippen LogP contribution in [-0.4, -0.2) is 41.1 Å². The van der Waals surface area contributed by atoms with Gasteiger partial charge in [-0.25, -0.2) is 13.6 Å².